The fraction of sp³-hybridized carbons (Fsp3) is 0.923. The summed E-state index contributed by atoms with van der Waals surface area (Å²) in [6.45, 7) is 11.1. The lowest BCUT2D eigenvalue weighted by molar-refractivity contribution is -0.119. The van der Waals surface area contributed by atoms with Crippen molar-refractivity contribution < 1.29 is 9.53 Å². The molecule has 1 atom stereocenters. The van der Waals surface area contributed by atoms with Gasteiger partial charge in [-0.25, -0.2) is 0 Å². The number of hydrogen-bond donors (Lipinski definition) is 0. The minimum atomic E-state index is -0.111. The molecular weight excluding hydrogens is 188 g/mol. The second kappa shape index (κ2) is 7.00. The van der Waals surface area contributed by atoms with Gasteiger partial charge in [-0.1, -0.05) is 20.8 Å². The van der Waals surface area contributed by atoms with Crippen LogP contribution in [-0.4, -0.2) is 18.0 Å². The zero-order valence-corrected chi connectivity index (χ0v) is 10.9. The average Bonchev–Trinajstić information content (AvgIpc) is 2.14. The van der Waals surface area contributed by atoms with Gasteiger partial charge in [-0.15, -0.1) is 0 Å². The molecular formula is C13H26O2. The predicted octanol–water partition coefficient (Wildman–Crippen LogP) is 3.59. The molecule has 1 unspecified atom stereocenters. The largest absolute Gasteiger partial charge is 0.375 e. The number of ketones is 1. The third kappa shape index (κ3) is 7.55. The van der Waals surface area contributed by atoms with Crippen LogP contribution < -0.4 is 0 Å². The van der Waals surface area contributed by atoms with Gasteiger partial charge < -0.3 is 9.53 Å². The maximum Gasteiger partial charge on any atom is 0.129 e. The zero-order valence-electron chi connectivity index (χ0n) is 10.9. The first-order valence-corrected chi connectivity index (χ1v) is 6.03. The molecule has 0 heterocycles. The Kier molecular flexibility index (Phi) is 6.82. The second-order valence-electron chi connectivity index (χ2n) is 5.04. The highest BCUT2D eigenvalue weighted by Gasteiger charge is 2.22. The highest BCUT2D eigenvalue weighted by Crippen LogP contribution is 2.22. The molecule has 0 aromatic rings. The van der Waals surface area contributed by atoms with Gasteiger partial charge in [0.2, 0.25) is 0 Å². The molecule has 0 saturated heterocycles. The molecule has 0 aromatic heterocycles. The van der Waals surface area contributed by atoms with Crippen LogP contribution in [-0.2, 0) is 9.53 Å². The third-order valence-corrected chi connectivity index (χ3v) is 2.90. The molecule has 0 rings (SSSR count). The Balaban J connectivity index is 3.90. The summed E-state index contributed by atoms with van der Waals surface area (Å²) in [4.78, 5) is 10.9. The lowest BCUT2D eigenvalue weighted by Crippen LogP contribution is -2.29. The molecule has 0 aliphatic rings. The van der Waals surface area contributed by atoms with Gasteiger partial charge in [0.25, 0.3) is 0 Å². The minimum Gasteiger partial charge on any atom is -0.375 e. The molecule has 0 aliphatic heterocycles. The van der Waals surface area contributed by atoms with Crippen LogP contribution in [0.1, 0.15) is 60.3 Å². The van der Waals surface area contributed by atoms with Crippen molar-refractivity contribution in [2.45, 2.75) is 65.9 Å². The summed E-state index contributed by atoms with van der Waals surface area (Å²) in [5.41, 5.74) is -0.111. The number of ether oxygens (including phenoxy) is 1. The lowest BCUT2D eigenvalue weighted by atomic mass is 9.95. The van der Waals surface area contributed by atoms with E-state index in [1.54, 1.807) is 6.92 Å². The molecule has 15 heavy (non-hydrogen) atoms. The van der Waals surface area contributed by atoms with Gasteiger partial charge in [-0.3, -0.25) is 0 Å². The van der Waals surface area contributed by atoms with E-state index in [0.717, 1.165) is 25.9 Å². The van der Waals surface area contributed by atoms with Gasteiger partial charge in [0.1, 0.15) is 5.78 Å². The molecule has 0 saturated carbocycles. The van der Waals surface area contributed by atoms with Crippen molar-refractivity contribution >= 4 is 5.78 Å². The molecule has 0 fully saturated rings. The van der Waals surface area contributed by atoms with E-state index in [0.29, 0.717) is 12.3 Å². The van der Waals surface area contributed by atoms with Crippen LogP contribution in [0.15, 0.2) is 0 Å². The van der Waals surface area contributed by atoms with Crippen LogP contribution in [0, 0.1) is 5.92 Å². The molecule has 0 radical (unpaired) electrons. The van der Waals surface area contributed by atoms with Gasteiger partial charge >= 0.3 is 0 Å². The Morgan fingerprint density at radius 2 is 2.00 bits per heavy atom. The number of carbonyl (C=O) groups excluding carboxylic acids is 1. The van der Waals surface area contributed by atoms with Crippen molar-refractivity contribution in [1.29, 1.82) is 0 Å². The van der Waals surface area contributed by atoms with E-state index >= 15 is 0 Å². The third-order valence-electron chi connectivity index (χ3n) is 2.90. The summed E-state index contributed by atoms with van der Waals surface area (Å²) >= 11 is 0. The number of carbonyl (C=O) groups is 1. The molecule has 0 spiro atoms. The van der Waals surface area contributed by atoms with Gasteiger partial charge in [0.15, 0.2) is 0 Å². The Hall–Kier alpha value is -0.370. The van der Waals surface area contributed by atoms with Gasteiger partial charge in [0.05, 0.1) is 5.60 Å². The van der Waals surface area contributed by atoms with Crippen molar-refractivity contribution in [3.63, 3.8) is 0 Å². The number of Topliss-reactive ketones (excluding diaryl/α,β-unsaturated/α-hetero) is 1. The first kappa shape index (κ1) is 14.6. The van der Waals surface area contributed by atoms with Crippen LogP contribution in [0.2, 0.25) is 0 Å². The van der Waals surface area contributed by atoms with E-state index in [4.69, 9.17) is 4.74 Å². The molecule has 90 valence electrons. The Morgan fingerprint density at radius 3 is 2.40 bits per heavy atom. The maximum absolute atomic E-state index is 10.9. The van der Waals surface area contributed by atoms with E-state index in [-0.39, 0.29) is 11.4 Å². The van der Waals surface area contributed by atoms with Crippen LogP contribution in [0.5, 0.6) is 0 Å². The standard InChI is InChI=1S/C13H26O2/c1-6-13(5,9-7-12(4)14)15-10-8-11(2)3/h11H,6-10H2,1-5H3. The fourth-order valence-electron chi connectivity index (χ4n) is 1.33. The van der Waals surface area contributed by atoms with Crippen molar-refractivity contribution in [1.82, 2.24) is 0 Å². The summed E-state index contributed by atoms with van der Waals surface area (Å²) in [7, 11) is 0. The first-order chi connectivity index (χ1) is 6.89. The molecule has 0 N–H and O–H groups in total. The zero-order chi connectivity index (χ0) is 11.9. The summed E-state index contributed by atoms with van der Waals surface area (Å²) in [5.74, 6) is 0.932. The molecule has 0 aliphatic carbocycles. The van der Waals surface area contributed by atoms with Crippen molar-refractivity contribution in [3.8, 4) is 0 Å². The summed E-state index contributed by atoms with van der Waals surface area (Å²) in [5, 5.41) is 0. The van der Waals surface area contributed by atoms with Crippen molar-refractivity contribution in [3.05, 3.63) is 0 Å². The van der Waals surface area contributed by atoms with E-state index in [1.807, 2.05) is 0 Å². The summed E-state index contributed by atoms with van der Waals surface area (Å²) in [6.07, 6.45) is 3.54. The second-order valence-corrected chi connectivity index (χ2v) is 5.04. The molecule has 0 aromatic carbocycles. The van der Waals surface area contributed by atoms with Gasteiger partial charge in [0, 0.05) is 13.0 Å². The maximum atomic E-state index is 10.9. The van der Waals surface area contributed by atoms with Crippen molar-refractivity contribution in [2.24, 2.45) is 5.92 Å². The predicted molar refractivity (Wildman–Crippen MR) is 64.0 cm³/mol. The Labute approximate surface area is 94.4 Å². The first-order valence-electron chi connectivity index (χ1n) is 6.03. The minimum absolute atomic E-state index is 0.111. The smallest absolute Gasteiger partial charge is 0.129 e. The Bertz CT molecular complexity index is 187. The van der Waals surface area contributed by atoms with Gasteiger partial charge in [-0.05, 0) is 39.0 Å². The van der Waals surface area contributed by atoms with Crippen LogP contribution in [0.4, 0.5) is 0 Å². The molecule has 2 nitrogen and oxygen atoms in total. The van der Waals surface area contributed by atoms with Crippen LogP contribution in [0.25, 0.3) is 0 Å². The van der Waals surface area contributed by atoms with E-state index < -0.39 is 0 Å². The SMILES string of the molecule is CCC(C)(CCC(C)=O)OCCC(C)C. The monoisotopic (exact) mass is 214 g/mol. The fourth-order valence-corrected chi connectivity index (χ4v) is 1.33. The van der Waals surface area contributed by atoms with E-state index in [2.05, 4.69) is 27.7 Å². The molecule has 0 amide bonds. The van der Waals surface area contributed by atoms with Gasteiger partial charge in [-0.2, -0.15) is 0 Å². The highest BCUT2D eigenvalue weighted by molar-refractivity contribution is 5.75. The highest BCUT2D eigenvalue weighted by atomic mass is 16.5. The summed E-state index contributed by atoms with van der Waals surface area (Å²) in [6, 6.07) is 0. The summed E-state index contributed by atoms with van der Waals surface area (Å²) < 4.78 is 5.89. The van der Waals surface area contributed by atoms with E-state index in [9.17, 15) is 4.79 Å². The van der Waals surface area contributed by atoms with Crippen LogP contribution >= 0.6 is 0 Å². The van der Waals surface area contributed by atoms with E-state index in [1.165, 1.54) is 0 Å². The Morgan fingerprint density at radius 1 is 1.40 bits per heavy atom. The quantitative estimate of drug-likeness (QED) is 0.617. The van der Waals surface area contributed by atoms with Crippen molar-refractivity contribution in [2.75, 3.05) is 6.61 Å². The lowest BCUT2D eigenvalue weighted by Gasteiger charge is -2.28. The number of rotatable bonds is 8. The number of hydrogen-bond acceptors (Lipinski definition) is 2. The average molecular weight is 214 g/mol. The molecule has 2 heteroatoms. The molecule has 0 bridgehead atoms. The topological polar surface area (TPSA) is 26.3 Å². The normalized spacial score (nSPS) is 15.3. The van der Waals surface area contributed by atoms with Crippen LogP contribution in [0.3, 0.4) is 0 Å².